The molecule has 4 aromatic heterocycles. The van der Waals surface area contributed by atoms with Gasteiger partial charge in [0.1, 0.15) is 12.1 Å². The quantitative estimate of drug-likeness (QED) is 0.125. The van der Waals surface area contributed by atoms with Crippen molar-refractivity contribution in [2.75, 3.05) is 37.7 Å². The highest BCUT2D eigenvalue weighted by atomic mass is 32.1. The van der Waals surface area contributed by atoms with Gasteiger partial charge in [0.2, 0.25) is 17.7 Å². The van der Waals surface area contributed by atoms with Gasteiger partial charge in [-0.15, -0.1) is 11.3 Å². The number of aryl methyl sites for hydroxylation is 2. The molecule has 0 unspecified atom stereocenters. The van der Waals surface area contributed by atoms with Crippen molar-refractivity contribution in [2.45, 2.75) is 117 Å². The topological polar surface area (TPSA) is 192 Å². The van der Waals surface area contributed by atoms with Crippen molar-refractivity contribution >= 4 is 52.1 Å². The second-order valence-corrected chi connectivity index (χ2v) is 21.2. The van der Waals surface area contributed by atoms with Crippen LogP contribution in [0.5, 0.6) is 0 Å². The number of benzene rings is 2. The van der Waals surface area contributed by atoms with Gasteiger partial charge in [0.15, 0.2) is 17.2 Å². The molecule has 0 spiro atoms. The number of nitrogens with zero attached hydrogens (tertiary/aromatic N) is 9. The molecule has 8 heterocycles. The van der Waals surface area contributed by atoms with Crippen LogP contribution in [-0.4, -0.2) is 119 Å². The molecule has 2 fully saturated rings. The maximum absolute atomic E-state index is 15.3. The standard InChI is InChI=1S/C52H59F2N11O6S/c1-29-45(72-28-57-29)32-10-8-31(9-11-32)23-56-50(69)43-20-36(67)26-63(43)51(70)46(52(3,4)5)58-49(68)40-22-44-55-24-34(25-64(44)59-40)37-19-33-7-6-15-62(42(33)21-38(37)47(53)54)48-39-27-61(30(2)66)16-12-41(39)65(60-48)35-13-17-71-18-14-35/h8-11,19,21-22,24-25,28,35-36,43,46-47,67H,6-7,12-18,20,23,26-27H2,1-5H3,(H,56,69)(H,58,68)/t36-,43+,46-/m1/s1. The zero-order valence-electron chi connectivity index (χ0n) is 41.0. The number of anilines is 2. The van der Waals surface area contributed by atoms with Gasteiger partial charge < -0.3 is 35.2 Å². The van der Waals surface area contributed by atoms with Gasteiger partial charge >= 0.3 is 0 Å². The molecule has 20 heteroatoms. The number of aliphatic hydroxyl groups is 1. The van der Waals surface area contributed by atoms with Gasteiger partial charge in [0.05, 0.1) is 34.8 Å². The number of carbonyl (C=O) groups is 4. The summed E-state index contributed by atoms with van der Waals surface area (Å²) in [5.41, 5.74) is 8.01. The van der Waals surface area contributed by atoms with Crippen LogP contribution in [0.25, 0.3) is 27.2 Å². The molecule has 72 heavy (non-hydrogen) atoms. The van der Waals surface area contributed by atoms with Crippen molar-refractivity contribution in [1.29, 1.82) is 0 Å². The van der Waals surface area contributed by atoms with Crippen molar-refractivity contribution in [2.24, 2.45) is 5.41 Å². The maximum atomic E-state index is 15.3. The minimum atomic E-state index is -2.85. The van der Waals surface area contributed by atoms with Crippen LogP contribution in [0.15, 0.2) is 60.4 Å². The number of aliphatic hydroxyl groups excluding tert-OH is 1. The molecule has 4 aliphatic heterocycles. The van der Waals surface area contributed by atoms with Gasteiger partial charge in [0.25, 0.3) is 12.3 Å². The lowest BCUT2D eigenvalue weighted by Crippen LogP contribution is -2.57. The monoisotopic (exact) mass is 1000 g/mol. The lowest BCUT2D eigenvalue weighted by Gasteiger charge is -2.35. The van der Waals surface area contributed by atoms with Gasteiger partial charge in [-0.2, -0.15) is 10.2 Å². The minimum Gasteiger partial charge on any atom is -0.391 e. The smallest absolute Gasteiger partial charge is 0.272 e. The Kier molecular flexibility index (Phi) is 13.4. The minimum absolute atomic E-state index is 0.0264. The molecular formula is C52H59F2N11O6S. The molecule has 0 bridgehead atoms. The van der Waals surface area contributed by atoms with Crippen LogP contribution in [0.1, 0.15) is 110 Å². The molecule has 4 amide bonds. The largest absolute Gasteiger partial charge is 0.391 e. The van der Waals surface area contributed by atoms with Crippen LogP contribution in [0.2, 0.25) is 0 Å². The van der Waals surface area contributed by atoms with E-state index in [2.05, 4.69) is 30.4 Å². The van der Waals surface area contributed by atoms with Crippen LogP contribution < -0.4 is 15.5 Å². The van der Waals surface area contributed by atoms with Crippen molar-refractivity contribution in [3.8, 4) is 21.6 Å². The molecule has 378 valence electrons. The maximum Gasteiger partial charge on any atom is 0.272 e. The zero-order valence-corrected chi connectivity index (χ0v) is 41.8. The highest BCUT2D eigenvalue weighted by Crippen LogP contribution is 2.44. The Morgan fingerprint density at radius 1 is 0.986 bits per heavy atom. The van der Waals surface area contributed by atoms with E-state index in [1.807, 2.05) is 41.0 Å². The Labute approximate surface area is 419 Å². The highest BCUT2D eigenvalue weighted by Gasteiger charge is 2.45. The highest BCUT2D eigenvalue weighted by molar-refractivity contribution is 7.13. The van der Waals surface area contributed by atoms with Crippen LogP contribution >= 0.6 is 11.3 Å². The van der Waals surface area contributed by atoms with Crippen molar-refractivity contribution in [3.63, 3.8) is 0 Å². The Morgan fingerprint density at radius 3 is 2.47 bits per heavy atom. The normalized spacial score (nSPS) is 18.9. The third-order valence-electron chi connectivity index (χ3n) is 14.4. The first kappa shape index (κ1) is 49.0. The zero-order chi connectivity index (χ0) is 50.6. The summed E-state index contributed by atoms with van der Waals surface area (Å²) in [5.74, 6) is -0.966. The van der Waals surface area contributed by atoms with E-state index < -0.39 is 47.7 Å². The number of β-amino-alcohol motifs (C(OH)–C–C–N with tert-alkyl or cyclic N) is 1. The summed E-state index contributed by atoms with van der Waals surface area (Å²) in [5, 5.41) is 26.2. The average molecular weight is 1000 g/mol. The van der Waals surface area contributed by atoms with Gasteiger partial charge in [-0.3, -0.25) is 23.9 Å². The Morgan fingerprint density at radius 2 is 1.76 bits per heavy atom. The summed E-state index contributed by atoms with van der Waals surface area (Å²) in [6, 6.07) is 10.6. The molecule has 2 aromatic carbocycles. The molecule has 0 aliphatic carbocycles. The molecule has 17 nitrogen and oxygen atoms in total. The summed E-state index contributed by atoms with van der Waals surface area (Å²) in [6.45, 7) is 11.8. The Balaban J connectivity index is 0.872. The van der Waals surface area contributed by atoms with Crippen molar-refractivity contribution in [1.82, 2.24) is 49.8 Å². The fourth-order valence-electron chi connectivity index (χ4n) is 10.6. The summed E-state index contributed by atoms with van der Waals surface area (Å²) in [7, 11) is 0. The predicted molar refractivity (Wildman–Crippen MR) is 266 cm³/mol. The lowest BCUT2D eigenvalue weighted by molar-refractivity contribution is -0.142. The third-order valence-corrected chi connectivity index (χ3v) is 15.4. The second kappa shape index (κ2) is 19.8. The van der Waals surface area contributed by atoms with E-state index in [9.17, 15) is 24.3 Å². The molecule has 6 aromatic rings. The first-order chi connectivity index (χ1) is 34.5. The van der Waals surface area contributed by atoms with Gasteiger partial charge in [0, 0.05) is 106 Å². The number of hydrogen-bond acceptors (Lipinski definition) is 12. The lowest BCUT2D eigenvalue weighted by atomic mass is 9.85. The summed E-state index contributed by atoms with van der Waals surface area (Å²) in [4.78, 5) is 69.8. The summed E-state index contributed by atoms with van der Waals surface area (Å²) < 4.78 is 39.7. The molecule has 0 saturated carbocycles. The number of ether oxygens (including phenoxy) is 1. The molecular weight excluding hydrogens is 945 g/mol. The van der Waals surface area contributed by atoms with E-state index >= 15 is 8.78 Å². The van der Waals surface area contributed by atoms with E-state index in [0.717, 1.165) is 57.8 Å². The predicted octanol–water partition coefficient (Wildman–Crippen LogP) is 6.73. The van der Waals surface area contributed by atoms with E-state index in [0.29, 0.717) is 62.8 Å². The number of hydrogen-bond donors (Lipinski definition) is 3. The number of rotatable bonds is 11. The summed E-state index contributed by atoms with van der Waals surface area (Å²) in [6.07, 6.45) is 2.97. The number of carbonyl (C=O) groups excluding carboxylic acids is 4. The molecule has 3 atom stereocenters. The second-order valence-electron chi connectivity index (χ2n) is 20.4. The number of likely N-dealkylation sites (tertiary alicyclic amines) is 1. The number of fused-ring (bicyclic) bond motifs is 3. The number of aromatic nitrogens is 6. The van der Waals surface area contributed by atoms with Crippen LogP contribution in [-0.2, 0) is 45.1 Å². The average Bonchev–Trinajstić information content (AvgIpc) is 4.18. The van der Waals surface area contributed by atoms with Crippen molar-refractivity contribution in [3.05, 3.63) is 99.7 Å². The van der Waals surface area contributed by atoms with E-state index in [1.54, 1.807) is 62.9 Å². The first-order valence-electron chi connectivity index (χ1n) is 24.6. The van der Waals surface area contributed by atoms with E-state index in [-0.39, 0.29) is 53.9 Å². The van der Waals surface area contributed by atoms with Gasteiger partial charge in [-0.1, -0.05) is 45.0 Å². The third kappa shape index (κ3) is 9.58. The Hall–Kier alpha value is -6.64. The molecule has 0 radical (unpaired) electrons. The first-order valence-corrected chi connectivity index (χ1v) is 25.5. The van der Waals surface area contributed by atoms with Crippen LogP contribution in [0.3, 0.4) is 0 Å². The van der Waals surface area contributed by atoms with Gasteiger partial charge in [-0.05, 0) is 72.4 Å². The van der Waals surface area contributed by atoms with Crippen LogP contribution in [0.4, 0.5) is 20.3 Å². The molecule has 4 aliphatic rings. The summed E-state index contributed by atoms with van der Waals surface area (Å²) >= 11 is 1.56. The van der Waals surface area contributed by atoms with Gasteiger partial charge in [-0.25, -0.2) is 23.3 Å². The van der Waals surface area contributed by atoms with Crippen LogP contribution in [0, 0.1) is 12.3 Å². The molecule has 2 saturated heterocycles. The number of nitrogens with one attached hydrogen (secondary N) is 2. The fourth-order valence-corrected chi connectivity index (χ4v) is 11.4. The fraction of sp³-hybridized carbons (Fsp3) is 0.462. The number of amides is 4. The molecule has 3 N–H and O–H groups in total. The van der Waals surface area contributed by atoms with E-state index in [1.165, 1.54) is 21.7 Å². The molecule has 10 rings (SSSR count). The number of halogens is 2. The number of thiazole rings is 1. The van der Waals surface area contributed by atoms with E-state index in [4.69, 9.17) is 9.84 Å². The Bertz CT molecular complexity index is 3050. The SMILES string of the molecule is CC(=O)N1CCc2c(c(N3CCCc4cc(-c5cnc6cc(C(=O)N[C@H](C(=O)N7C[C@H](O)C[C@H]7C(=O)NCc7ccc(-c8scnc8C)cc7)C(C)(C)C)nn6c5)c(C(F)F)cc43)nn2C2CCOCC2)C1. The number of alkyl halides is 2. The van der Waals surface area contributed by atoms with Crippen molar-refractivity contribution < 1.29 is 37.8 Å².